The molecule has 0 aromatic heterocycles. The van der Waals surface area contributed by atoms with Gasteiger partial charge in [-0.25, -0.2) is 4.39 Å². The number of nitrogens with one attached hydrogen (secondary N) is 1. The summed E-state index contributed by atoms with van der Waals surface area (Å²) in [6, 6.07) is 4.77. The van der Waals surface area contributed by atoms with E-state index in [0.29, 0.717) is 12.0 Å². The van der Waals surface area contributed by atoms with Crippen LogP contribution in [0.4, 0.5) is 4.39 Å². The molecular formula is C13H20FNO. The number of aryl methyl sites for hydroxylation is 1. The first-order valence-electron chi connectivity index (χ1n) is 5.67. The molecule has 0 bridgehead atoms. The first kappa shape index (κ1) is 13.1. The quantitative estimate of drug-likeness (QED) is 0.754. The molecule has 0 aliphatic heterocycles. The van der Waals surface area contributed by atoms with Gasteiger partial charge in [0.1, 0.15) is 5.82 Å². The van der Waals surface area contributed by atoms with Crippen molar-refractivity contribution in [2.45, 2.75) is 32.8 Å². The summed E-state index contributed by atoms with van der Waals surface area (Å²) in [6.07, 6.45) is 0.617. The summed E-state index contributed by atoms with van der Waals surface area (Å²) >= 11 is 0. The fourth-order valence-electron chi connectivity index (χ4n) is 1.63. The monoisotopic (exact) mass is 225 g/mol. The van der Waals surface area contributed by atoms with E-state index in [1.165, 1.54) is 6.07 Å². The highest BCUT2D eigenvalue weighted by Crippen LogP contribution is 2.25. The fraction of sp³-hybridized carbons (Fsp3) is 0.538. The van der Waals surface area contributed by atoms with Crippen LogP contribution in [0.15, 0.2) is 18.2 Å². The van der Waals surface area contributed by atoms with E-state index in [-0.39, 0.29) is 5.82 Å². The van der Waals surface area contributed by atoms with Crippen molar-refractivity contribution in [1.82, 2.24) is 5.32 Å². The molecule has 0 saturated heterocycles. The van der Waals surface area contributed by atoms with Gasteiger partial charge in [-0.05, 0) is 50.6 Å². The van der Waals surface area contributed by atoms with E-state index in [2.05, 4.69) is 5.32 Å². The van der Waals surface area contributed by atoms with Crippen molar-refractivity contribution in [2.24, 2.45) is 0 Å². The normalized spacial score (nSPS) is 14.8. The molecule has 2 N–H and O–H groups in total. The van der Waals surface area contributed by atoms with Gasteiger partial charge in [0.2, 0.25) is 0 Å². The molecule has 3 heteroatoms. The lowest BCUT2D eigenvalue weighted by atomic mass is 9.91. The maximum Gasteiger partial charge on any atom is 0.126 e. The molecule has 0 heterocycles. The molecular weight excluding hydrogens is 205 g/mol. The summed E-state index contributed by atoms with van der Waals surface area (Å²) in [6.45, 7) is 7.13. The minimum atomic E-state index is -0.902. The van der Waals surface area contributed by atoms with Crippen LogP contribution < -0.4 is 5.32 Å². The summed E-state index contributed by atoms with van der Waals surface area (Å²) in [7, 11) is 0. The highest BCUT2D eigenvalue weighted by atomic mass is 19.1. The SMILES string of the molecule is CCNCCC(C)(O)c1ccc(F)c(C)c1. The molecule has 16 heavy (non-hydrogen) atoms. The molecule has 1 unspecified atom stereocenters. The second-order valence-corrected chi connectivity index (χ2v) is 4.34. The Hall–Kier alpha value is -0.930. The van der Waals surface area contributed by atoms with Crippen LogP contribution in [0.3, 0.4) is 0 Å². The smallest absolute Gasteiger partial charge is 0.126 e. The third-order valence-electron chi connectivity index (χ3n) is 2.82. The van der Waals surface area contributed by atoms with Crippen LogP contribution in [0.25, 0.3) is 0 Å². The standard InChI is InChI=1S/C13H20FNO/c1-4-15-8-7-13(3,16)11-5-6-12(14)10(2)9-11/h5-6,9,15-16H,4,7-8H2,1-3H3. The zero-order valence-electron chi connectivity index (χ0n) is 10.2. The van der Waals surface area contributed by atoms with Crippen LogP contribution >= 0.6 is 0 Å². The maximum atomic E-state index is 13.1. The predicted octanol–water partition coefficient (Wildman–Crippen LogP) is 2.34. The third kappa shape index (κ3) is 3.29. The molecule has 0 saturated carbocycles. The van der Waals surface area contributed by atoms with E-state index < -0.39 is 5.60 Å². The molecule has 0 amide bonds. The molecule has 0 spiro atoms. The summed E-state index contributed by atoms with van der Waals surface area (Å²) in [5.74, 6) is -0.230. The van der Waals surface area contributed by atoms with Crippen LogP contribution in [0.1, 0.15) is 31.4 Å². The zero-order valence-corrected chi connectivity index (χ0v) is 10.2. The van der Waals surface area contributed by atoms with E-state index in [4.69, 9.17) is 0 Å². The lowest BCUT2D eigenvalue weighted by molar-refractivity contribution is 0.0480. The fourth-order valence-corrected chi connectivity index (χ4v) is 1.63. The van der Waals surface area contributed by atoms with Crippen molar-refractivity contribution >= 4 is 0 Å². The number of benzene rings is 1. The van der Waals surface area contributed by atoms with Crippen molar-refractivity contribution in [2.75, 3.05) is 13.1 Å². The van der Waals surface area contributed by atoms with Gasteiger partial charge in [0.05, 0.1) is 5.60 Å². The molecule has 1 atom stereocenters. The molecule has 0 radical (unpaired) electrons. The first-order valence-corrected chi connectivity index (χ1v) is 5.67. The number of halogens is 1. The molecule has 1 rings (SSSR count). The molecule has 0 aliphatic carbocycles. The van der Waals surface area contributed by atoms with Crippen molar-refractivity contribution in [1.29, 1.82) is 0 Å². The third-order valence-corrected chi connectivity index (χ3v) is 2.82. The first-order chi connectivity index (χ1) is 7.47. The molecule has 1 aromatic rings. The Bertz CT molecular complexity index is 350. The Kier molecular flexibility index (Phi) is 4.44. The lowest BCUT2D eigenvalue weighted by Gasteiger charge is -2.24. The molecule has 2 nitrogen and oxygen atoms in total. The van der Waals surface area contributed by atoms with Gasteiger partial charge in [0.15, 0.2) is 0 Å². The number of hydrogen-bond acceptors (Lipinski definition) is 2. The molecule has 0 fully saturated rings. The van der Waals surface area contributed by atoms with Crippen LogP contribution in [-0.4, -0.2) is 18.2 Å². The summed E-state index contributed by atoms with van der Waals surface area (Å²) in [4.78, 5) is 0. The van der Waals surface area contributed by atoms with Gasteiger partial charge in [-0.2, -0.15) is 0 Å². The lowest BCUT2D eigenvalue weighted by Crippen LogP contribution is -2.27. The van der Waals surface area contributed by atoms with Gasteiger partial charge < -0.3 is 10.4 Å². The zero-order chi connectivity index (χ0) is 12.2. The van der Waals surface area contributed by atoms with Crippen molar-refractivity contribution in [3.8, 4) is 0 Å². The van der Waals surface area contributed by atoms with Gasteiger partial charge in [-0.15, -0.1) is 0 Å². The summed E-state index contributed by atoms with van der Waals surface area (Å²) < 4.78 is 13.1. The second kappa shape index (κ2) is 5.41. The largest absolute Gasteiger partial charge is 0.385 e. The van der Waals surface area contributed by atoms with Crippen molar-refractivity contribution in [3.63, 3.8) is 0 Å². The van der Waals surface area contributed by atoms with E-state index in [9.17, 15) is 9.50 Å². The number of rotatable bonds is 5. The van der Waals surface area contributed by atoms with Gasteiger partial charge in [-0.1, -0.05) is 19.1 Å². The van der Waals surface area contributed by atoms with Crippen molar-refractivity contribution in [3.05, 3.63) is 35.1 Å². The predicted molar refractivity (Wildman–Crippen MR) is 63.9 cm³/mol. The average Bonchev–Trinajstić information content (AvgIpc) is 2.22. The minimum absolute atomic E-state index is 0.230. The van der Waals surface area contributed by atoms with Crippen LogP contribution in [0.5, 0.6) is 0 Å². The van der Waals surface area contributed by atoms with Crippen LogP contribution in [0.2, 0.25) is 0 Å². The summed E-state index contributed by atoms with van der Waals surface area (Å²) in [5, 5.41) is 13.4. The Labute approximate surface area is 96.5 Å². The topological polar surface area (TPSA) is 32.3 Å². The Morgan fingerprint density at radius 2 is 2.12 bits per heavy atom. The van der Waals surface area contributed by atoms with Crippen LogP contribution in [0, 0.1) is 12.7 Å². The second-order valence-electron chi connectivity index (χ2n) is 4.34. The Morgan fingerprint density at radius 3 is 2.69 bits per heavy atom. The highest BCUT2D eigenvalue weighted by Gasteiger charge is 2.22. The maximum absolute atomic E-state index is 13.1. The number of hydrogen-bond donors (Lipinski definition) is 2. The van der Waals surface area contributed by atoms with Crippen LogP contribution in [-0.2, 0) is 5.60 Å². The molecule has 1 aromatic carbocycles. The van der Waals surface area contributed by atoms with E-state index >= 15 is 0 Å². The highest BCUT2D eigenvalue weighted by molar-refractivity contribution is 5.28. The van der Waals surface area contributed by atoms with E-state index in [1.54, 1.807) is 26.0 Å². The average molecular weight is 225 g/mol. The Balaban J connectivity index is 2.76. The number of aliphatic hydroxyl groups is 1. The van der Waals surface area contributed by atoms with E-state index in [1.807, 2.05) is 6.92 Å². The van der Waals surface area contributed by atoms with Gasteiger partial charge in [0.25, 0.3) is 0 Å². The minimum Gasteiger partial charge on any atom is -0.385 e. The summed E-state index contributed by atoms with van der Waals surface area (Å²) in [5.41, 5.74) is 0.436. The van der Waals surface area contributed by atoms with Gasteiger partial charge >= 0.3 is 0 Å². The van der Waals surface area contributed by atoms with Gasteiger partial charge in [-0.3, -0.25) is 0 Å². The van der Waals surface area contributed by atoms with Crippen molar-refractivity contribution < 1.29 is 9.50 Å². The van der Waals surface area contributed by atoms with Gasteiger partial charge in [0, 0.05) is 0 Å². The van der Waals surface area contributed by atoms with E-state index in [0.717, 1.165) is 18.7 Å². The molecule has 0 aliphatic rings. The Morgan fingerprint density at radius 1 is 1.44 bits per heavy atom. The molecule has 90 valence electrons.